The van der Waals surface area contributed by atoms with E-state index in [4.69, 9.17) is 4.74 Å². The quantitative estimate of drug-likeness (QED) is 0.825. The van der Waals surface area contributed by atoms with Gasteiger partial charge in [-0.25, -0.2) is 12.8 Å². The largest absolute Gasteiger partial charge is 0.495 e. The number of sulfonamides is 1. The molecule has 0 unspecified atom stereocenters. The molecule has 3 rings (SSSR count). The lowest BCUT2D eigenvalue weighted by Gasteiger charge is -2.29. The zero-order chi connectivity index (χ0) is 20.3. The molecule has 0 bridgehead atoms. The Bertz CT molecular complexity index is 970. The predicted molar refractivity (Wildman–Crippen MR) is 105 cm³/mol. The van der Waals surface area contributed by atoms with Crippen LogP contribution in [0.5, 0.6) is 5.75 Å². The predicted octanol–water partition coefficient (Wildman–Crippen LogP) is 3.51. The highest BCUT2D eigenvalue weighted by Gasteiger charge is 2.31. The van der Waals surface area contributed by atoms with Gasteiger partial charge in [-0.2, -0.15) is 4.31 Å². The van der Waals surface area contributed by atoms with Gasteiger partial charge < -0.3 is 10.1 Å². The molecule has 1 amide bonds. The normalized spacial score (nSPS) is 16.0. The first-order valence-corrected chi connectivity index (χ1v) is 10.5. The fourth-order valence-corrected chi connectivity index (χ4v) is 4.71. The van der Waals surface area contributed by atoms with Gasteiger partial charge in [-0.1, -0.05) is 19.1 Å². The fourth-order valence-electron chi connectivity index (χ4n) is 3.15. The molecule has 1 N–H and O–H groups in total. The van der Waals surface area contributed by atoms with E-state index in [1.807, 2.05) is 0 Å². The molecule has 6 nitrogen and oxygen atoms in total. The Morgan fingerprint density at radius 2 is 1.86 bits per heavy atom. The van der Waals surface area contributed by atoms with Crippen molar-refractivity contribution in [3.63, 3.8) is 0 Å². The van der Waals surface area contributed by atoms with Crippen LogP contribution in [0.25, 0.3) is 0 Å². The van der Waals surface area contributed by atoms with Gasteiger partial charge in [-0.05, 0) is 49.1 Å². The van der Waals surface area contributed by atoms with Gasteiger partial charge in [0.2, 0.25) is 10.0 Å². The molecule has 1 aliphatic heterocycles. The summed E-state index contributed by atoms with van der Waals surface area (Å²) >= 11 is 0. The standard InChI is InChI=1S/C20H23FN2O4S/c1-14-9-11-23(12-10-14)28(25,26)19-13-15(7-8-16(19)21)20(24)22-17-5-3-4-6-18(17)27-2/h3-8,13-14H,9-12H2,1-2H3,(H,22,24). The summed E-state index contributed by atoms with van der Waals surface area (Å²) in [6, 6.07) is 10.2. The SMILES string of the molecule is COc1ccccc1NC(=O)c1ccc(F)c(S(=O)(=O)N2CCC(C)CC2)c1. The van der Waals surface area contributed by atoms with Crippen LogP contribution in [0.1, 0.15) is 30.1 Å². The number of piperidine rings is 1. The molecular formula is C20H23FN2O4S. The Morgan fingerprint density at radius 1 is 1.18 bits per heavy atom. The van der Waals surface area contributed by atoms with Crippen molar-refractivity contribution in [1.29, 1.82) is 0 Å². The van der Waals surface area contributed by atoms with Gasteiger partial charge in [0.1, 0.15) is 16.5 Å². The van der Waals surface area contributed by atoms with Gasteiger partial charge in [0.15, 0.2) is 0 Å². The van der Waals surface area contributed by atoms with Crippen molar-refractivity contribution in [1.82, 2.24) is 4.31 Å². The average molecular weight is 406 g/mol. The summed E-state index contributed by atoms with van der Waals surface area (Å²) in [4.78, 5) is 12.1. The van der Waals surface area contributed by atoms with Crippen molar-refractivity contribution in [3.05, 3.63) is 53.8 Å². The van der Waals surface area contributed by atoms with Gasteiger partial charge >= 0.3 is 0 Å². The van der Waals surface area contributed by atoms with E-state index in [1.54, 1.807) is 24.3 Å². The maximum atomic E-state index is 14.3. The number of carbonyl (C=O) groups excluding carboxylic acids is 1. The van der Waals surface area contributed by atoms with E-state index in [-0.39, 0.29) is 5.56 Å². The number of hydrogen-bond acceptors (Lipinski definition) is 4. The maximum Gasteiger partial charge on any atom is 0.255 e. The van der Waals surface area contributed by atoms with Crippen molar-refractivity contribution in [2.45, 2.75) is 24.7 Å². The van der Waals surface area contributed by atoms with Crippen LogP contribution < -0.4 is 10.1 Å². The molecule has 150 valence electrons. The molecule has 1 saturated heterocycles. The first-order valence-electron chi connectivity index (χ1n) is 9.07. The number of ether oxygens (including phenoxy) is 1. The Labute approximate surface area is 164 Å². The van der Waals surface area contributed by atoms with Gasteiger partial charge in [-0.15, -0.1) is 0 Å². The third-order valence-electron chi connectivity index (χ3n) is 4.91. The van der Waals surface area contributed by atoms with E-state index in [0.29, 0.717) is 30.4 Å². The summed E-state index contributed by atoms with van der Waals surface area (Å²) in [5, 5.41) is 2.67. The highest BCUT2D eigenvalue weighted by molar-refractivity contribution is 7.89. The van der Waals surface area contributed by atoms with Crippen LogP contribution in [0.2, 0.25) is 0 Å². The molecule has 28 heavy (non-hydrogen) atoms. The lowest BCUT2D eigenvalue weighted by Crippen LogP contribution is -2.38. The molecule has 0 spiro atoms. The van der Waals surface area contributed by atoms with E-state index >= 15 is 0 Å². The number of amides is 1. The Kier molecular flexibility index (Phi) is 6.00. The number of benzene rings is 2. The number of rotatable bonds is 5. The minimum atomic E-state index is -4.00. The Hall–Kier alpha value is -2.45. The van der Waals surface area contributed by atoms with E-state index in [2.05, 4.69) is 12.2 Å². The van der Waals surface area contributed by atoms with Crippen LogP contribution >= 0.6 is 0 Å². The molecule has 0 aromatic heterocycles. The third kappa shape index (κ3) is 4.18. The maximum absolute atomic E-state index is 14.3. The lowest BCUT2D eigenvalue weighted by molar-refractivity contribution is 0.102. The second kappa shape index (κ2) is 8.28. The fraction of sp³-hybridized carbons (Fsp3) is 0.350. The van der Waals surface area contributed by atoms with Crippen LogP contribution in [0.15, 0.2) is 47.4 Å². The Morgan fingerprint density at radius 3 is 2.54 bits per heavy atom. The van der Waals surface area contributed by atoms with Gasteiger partial charge in [0, 0.05) is 18.7 Å². The van der Waals surface area contributed by atoms with E-state index in [1.165, 1.54) is 17.5 Å². The van der Waals surface area contributed by atoms with Gasteiger partial charge in [0.25, 0.3) is 5.91 Å². The number of methoxy groups -OCH3 is 1. The summed E-state index contributed by atoms with van der Waals surface area (Å²) in [5.41, 5.74) is 0.491. The smallest absolute Gasteiger partial charge is 0.255 e. The van der Waals surface area contributed by atoms with Crippen LogP contribution in [0.3, 0.4) is 0 Å². The topological polar surface area (TPSA) is 75.7 Å². The number of nitrogens with one attached hydrogen (secondary N) is 1. The molecule has 2 aromatic carbocycles. The van der Waals surface area contributed by atoms with Crippen molar-refractivity contribution >= 4 is 21.6 Å². The second-order valence-electron chi connectivity index (χ2n) is 6.89. The number of hydrogen-bond donors (Lipinski definition) is 1. The minimum absolute atomic E-state index is 0.0521. The minimum Gasteiger partial charge on any atom is -0.495 e. The van der Waals surface area contributed by atoms with E-state index in [9.17, 15) is 17.6 Å². The van der Waals surface area contributed by atoms with Crippen LogP contribution in [-0.2, 0) is 10.0 Å². The first kappa shape index (κ1) is 20.3. The Balaban J connectivity index is 1.87. The van der Waals surface area contributed by atoms with Gasteiger partial charge in [-0.3, -0.25) is 4.79 Å². The molecule has 0 aliphatic carbocycles. The number of halogens is 1. The van der Waals surface area contributed by atoms with Crippen LogP contribution in [0, 0.1) is 11.7 Å². The number of carbonyl (C=O) groups is 1. The number of nitrogens with zero attached hydrogens (tertiary/aromatic N) is 1. The van der Waals surface area contributed by atoms with E-state index in [0.717, 1.165) is 25.0 Å². The number of para-hydroxylation sites is 2. The summed E-state index contributed by atoms with van der Waals surface area (Å²) in [7, 11) is -2.52. The zero-order valence-corrected chi connectivity index (χ0v) is 16.6. The molecule has 2 aromatic rings. The van der Waals surface area contributed by atoms with Crippen molar-refractivity contribution in [2.75, 3.05) is 25.5 Å². The summed E-state index contributed by atoms with van der Waals surface area (Å²) in [6.45, 7) is 2.76. The number of anilines is 1. The lowest BCUT2D eigenvalue weighted by atomic mass is 10.0. The first-order chi connectivity index (χ1) is 13.3. The molecule has 0 radical (unpaired) electrons. The van der Waals surface area contributed by atoms with Gasteiger partial charge in [0.05, 0.1) is 12.8 Å². The van der Waals surface area contributed by atoms with Crippen molar-refractivity contribution < 1.29 is 22.3 Å². The molecule has 1 fully saturated rings. The summed E-state index contributed by atoms with van der Waals surface area (Å²) < 4.78 is 46.6. The second-order valence-corrected chi connectivity index (χ2v) is 8.79. The summed E-state index contributed by atoms with van der Waals surface area (Å²) in [6.07, 6.45) is 1.46. The molecule has 8 heteroatoms. The molecule has 1 heterocycles. The van der Waals surface area contributed by atoms with Crippen LogP contribution in [0.4, 0.5) is 10.1 Å². The monoisotopic (exact) mass is 406 g/mol. The average Bonchev–Trinajstić information content (AvgIpc) is 2.69. The summed E-state index contributed by atoms with van der Waals surface area (Å²) in [5.74, 6) is -0.511. The van der Waals surface area contributed by atoms with Crippen molar-refractivity contribution in [3.8, 4) is 5.75 Å². The molecule has 0 atom stereocenters. The van der Waals surface area contributed by atoms with Crippen molar-refractivity contribution in [2.24, 2.45) is 5.92 Å². The van der Waals surface area contributed by atoms with E-state index < -0.39 is 26.6 Å². The van der Waals surface area contributed by atoms with Crippen LogP contribution in [-0.4, -0.2) is 38.8 Å². The molecular weight excluding hydrogens is 383 g/mol. The molecule has 1 aliphatic rings. The highest BCUT2D eigenvalue weighted by atomic mass is 32.2. The molecule has 0 saturated carbocycles. The third-order valence-corrected chi connectivity index (χ3v) is 6.82. The zero-order valence-electron chi connectivity index (χ0n) is 15.8. The highest BCUT2D eigenvalue weighted by Crippen LogP contribution is 2.27.